The summed E-state index contributed by atoms with van der Waals surface area (Å²) in [5, 5.41) is 5.70. The number of carbonyl (C=O) groups is 1. The molecule has 1 N–H and O–H groups in total. The number of pyridine rings is 1. The van der Waals surface area contributed by atoms with Crippen LogP contribution in [0.2, 0.25) is 0 Å². The first-order valence-corrected chi connectivity index (χ1v) is 13.7. The molecule has 0 spiro atoms. The zero-order valence-corrected chi connectivity index (χ0v) is 22.1. The Morgan fingerprint density at radius 2 is 1.92 bits per heavy atom. The van der Waals surface area contributed by atoms with Crippen LogP contribution in [0, 0.1) is 6.92 Å². The number of aromatic nitrogens is 6. The molecule has 198 valence electrons. The Morgan fingerprint density at radius 1 is 1.08 bits per heavy atom. The lowest BCUT2D eigenvalue weighted by molar-refractivity contribution is -0.119. The fourth-order valence-corrected chi connectivity index (χ4v) is 5.13. The molecule has 8 nitrogen and oxygen atoms in total. The van der Waals surface area contributed by atoms with Gasteiger partial charge in [-0.05, 0) is 63.1 Å². The minimum Gasteiger partial charge on any atom is -0.358 e. The van der Waals surface area contributed by atoms with E-state index in [1.807, 2.05) is 54.3 Å². The minimum atomic E-state index is -0.191. The lowest BCUT2D eigenvalue weighted by Crippen LogP contribution is -2.30. The number of hydrogen-bond acceptors (Lipinski definition) is 5. The monoisotopic (exact) mass is 520 g/mol. The van der Waals surface area contributed by atoms with Gasteiger partial charge in [0.15, 0.2) is 5.78 Å². The zero-order chi connectivity index (χ0) is 26.8. The summed E-state index contributed by atoms with van der Waals surface area (Å²) in [6.45, 7) is 1.96. The average Bonchev–Trinajstić information content (AvgIpc) is 3.60. The van der Waals surface area contributed by atoms with E-state index in [0.717, 1.165) is 53.5 Å². The lowest BCUT2D eigenvalue weighted by Gasteiger charge is -2.13. The van der Waals surface area contributed by atoms with Crippen LogP contribution in [-0.2, 0) is 30.6 Å². The van der Waals surface area contributed by atoms with E-state index in [4.69, 9.17) is 0 Å². The number of nitrogens with zero attached hydrogens (tertiary/aromatic N) is 5. The number of hydrogen-bond donors (Lipinski definition) is 1. The number of benzene rings is 1. The van der Waals surface area contributed by atoms with Gasteiger partial charge in [0.1, 0.15) is 5.69 Å². The number of aryl methyl sites for hydroxylation is 4. The fourth-order valence-electron chi connectivity index (χ4n) is 5.13. The first-order chi connectivity index (χ1) is 19.0. The Bertz CT molecular complexity index is 1640. The van der Waals surface area contributed by atoms with E-state index in [-0.39, 0.29) is 17.9 Å². The van der Waals surface area contributed by atoms with Crippen LogP contribution in [0.3, 0.4) is 0 Å². The molecule has 0 radical (unpaired) electrons. The quantitative estimate of drug-likeness (QED) is 0.264. The summed E-state index contributed by atoms with van der Waals surface area (Å²) in [7, 11) is 0. The van der Waals surface area contributed by atoms with Crippen LogP contribution in [0.1, 0.15) is 54.4 Å². The van der Waals surface area contributed by atoms with Crippen LogP contribution in [-0.4, -0.2) is 35.1 Å². The highest BCUT2D eigenvalue weighted by atomic mass is 16.1. The van der Waals surface area contributed by atoms with Gasteiger partial charge >= 0.3 is 0 Å². The Morgan fingerprint density at radius 3 is 2.72 bits per heavy atom. The minimum absolute atomic E-state index is 0.00352. The van der Waals surface area contributed by atoms with Gasteiger partial charge in [-0.15, -0.1) is 0 Å². The molecule has 0 bridgehead atoms. The molecular weight excluding hydrogens is 488 g/mol. The van der Waals surface area contributed by atoms with Gasteiger partial charge in [0, 0.05) is 47.2 Å². The molecule has 39 heavy (non-hydrogen) atoms. The van der Waals surface area contributed by atoms with Gasteiger partial charge in [0.25, 0.3) is 5.56 Å². The van der Waals surface area contributed by atoms with E-state index in [1.54, 1.807) is 17.0 Å². The summed E-state index contributed by atoms with van der Waals surface area (Å²) in [4.78, 5) is 39.0. The topological polar surface area (TPSA) is 98.5 Å². The fraction of sp³-hybridized carbons (Fsp3) is 0.323. The highest BCUT2D eigenvalue weighted by Crippen LogP contribution is 2.36. The highest BCUT2D eigenvalue weighted by molar-refractivity contribution is 5.81. The maximum absolute atomic E-state index is 13.7. The first kappa shape index (κ1) is 25.0. The molecule has 6 rings (SSSR count). The van der Waals surface area contributed by atoms with Crippen molar-refractivity contribution in [1.82, 2.24) is 29.3 Å². The Labute approximate surface area is 226 Å². The molecule has 5 aromatic rings. The van der Waals surface area contributed by atoms with Gasteiger partial charge in [-0.25, -0.2) is 0 Å². The molecule has 0 unspecified atom stereocenters. The van der Waals surface area contributed by atoms with Gasteiger partial charge < -0.3 is 4.98 Å². The predicted molar refractivity (Wildman–Crippen MR) is 151 cm³/mol. The van der Waals surface area contributed by atoms with Crippen molar-refractivity contribution >= 4 is 16.7 Å². The van der Waals surface area contributed by atoms with Crippen LogP contribution in [0.4, 0.5) is 0 Å². The first-order valence-electron chi connectivity index (χ1n) is 13.7. The summed E-state index contributed by atoms with van der Waals surface area (Å²) in [5.74, 6) is 0.00352. The normalized spacial score (nSPS) is 13.3. The van der Waals surface area contributed by atoms with Crippen LogP contribution in [0.15, 0.2) is 72.0 Å². The third-order valence-electron chi connectivity index (χ3n) is 7.45. The van der Waals surface area contributed by atoms with Crippen LogP contribution < -0.4 is 5.56 Å². The zero-order valence-electron chi connectivity index (χ0n) is 22.1. The summed E-state index contributed by atoms with van der Waals surface area (Å²) in [5.41, 5.74) is 5.88. The average molecular weight is 521 g/mol. The maximum atomic E-state index is 13.7. The lowest BCUT2D eigenvalue weighted by atomic mass is 10.1. The second kappa shape index (κ2) is 10.8. The molecule has 0 atom stereocenters. The second-order valence-corrected chi connectivity index (χ2v) is 10.5. The van der Waals surface area contributed by atoms with Crippen molar-refractivity contribution in [1.29, 1.82) is 0 Å². The molecule has 1 aliphatic carbocycles. The standard InChI is InChI=1S/C31H32N6O2/c1-21-27(20-37(35-21)25-11-12-25)30-18-33-29(9-5-8-22-6-3-2-4-7-22)31(39)36(30)19-26(38)13-10-24-16-23-17-32-15-14-28(23)34-24/h2-4,6-7,14-18,20,25,34H,5,8-13,19H2,1H3. The van der Waals surface area contributed by atoms with Crippen molar-refractivity contribution < 1.29 is 4.79 Å². The van der Waals surface area contributed by atoms with Crippen LogP contribution >= 0.6 is 0 Å². The molecule has 0 saturated heterocycles. The third kappa shape index (κ3) is 5.60. The number of fused-ring (bicyclic) bond motifs is 1. The number of carbonyl (C=O) groups excluding carboxylic acids is 1. The summed E-state index contributed by atoms with van der Waals surface area (Å²) in [6.07, 6.45) is 12.7. The van der Waals surface area contributed by atoms with Gasteiger partial charge in [-0.2, -0.15) is 5.10 Å². The molecule has 1 fully saturated rings. The summed E-state index contributed by atoms with van der Waals surface area (Å²) >= 11 is 0. The molecular formula is C31H32N6O2. The van der Waals surface area contributed by atoms with Gasteiger partial charge in [-0.3, -0.25) is 28.8 Å². The number of rotatable bonds is 11. The van der Waals surface area contributed by atoms with Crippen molar-refractivity contribution in [2.45, 2.75) is 64.5 Å². The van der Waals surface area contributed by atoms with E-state index in [9.17, 15) is 9.59 Å². The molecule has 4 aromatic heterocycles. The van der Waals surface area contributed by atoms with Gasteiger partial charge in [0.2, 0.25) is 0 Å². The molecule has 1 aliphatic rings. The molecule has 0 aliphatic heterocycles. The smallest absolute Gasteiger partial charge is 0.273 e. The SMILES string of the molecule is Cc1nn(C2CC2)cc1-c1cnc(CCCc2ccccc2)c(=O)n1CC(=O)CCc1cc2cnccc2[nH]1. The van der Waals surface area contributed by atoms with Crippen molar-refractivity contribution in [2.75, 3.05) is 0 Å². The molecule has 8 heteroatoms. The molecule has 1 saturated carbocycles. The van der Waals surface area contributed by atoms with E-state index >= 15 is 0 Å². The van der Waals surface area contributed by atoms with Crippen molar-refractivity contribution in [2.24, 2.45) is 0 Å². The summed E-state index contributed by atoms with van der Waals surface area (Å²) in [6, 6.07) is 14.6. The number of Topliss-reactive ketones (excluding diaryl/α,β-unsaturated/α-hetero) is 1. The number of aromatic amines is 1. The number of nitrogens with one attached hydrogen (secondary N) is 1. The molecule has 1 aromatic carbocycles. The van der Waals surface area contributed by atoms with E-state index < -0.39 is 0 Å². The maximum Gasteiger partial charge on any atom is 0.273 e. The van der Waals surface area contributed by atoms with Crippen LogP contribution in [0.25, 0.3) is 22.2 Å². The second-order valence-electron chi connectivity index (χ2n) is 10.5. The van der Waals surface area contributed by atoms with Crippen LogP contribution in [0.5, 0.6) is 0 Å². The number of H-pyrrole nitrogens is 1. The Kier molecular flexibility index (Phi) is 6.92. The third-order valence-corrected chi connectivity index (χ3v) is 7.45. The van der Waals surface area contributed by atoms with E-state index in [2.05, 4.69) is 32.2 Å². The summed E-state index contributed by atoms with van der Waals surface area (Å²) < 4.78 is 3.60. The highest BCUT2D eigenvalue weighted by Gasteiger charge is 2.26. The molecule has 4 heterocycles. The Hall–Kier alpha value is -4.33. The van der Waals surface area contributed by atoms with E-state index in [1.165, 1.54) is 5.56 Å². The predicted octanol–water partition coefficient (Wildman–Crippen LogP) is 5.00. The van der Waals surface area contributed by atoms with Gasteiger partial charge in [-0.1, -0.05) is 30.3 Å². The van der Waals surface area contributed by atoms with Crippen molar-refractivity contribution in [3.63, 3.8) is 0 Å². The number of ketones is 1. The Balaban J connectivity index is 1.24. The molecule has 0 amide bonds. The van der Waals surface area contributed by atoms with Crippen molar-refractivity contribution in [3.05, 3.63) is 100 Å². The largest absolute Gasteiger partial charge is 0.358 e. The van der Waals surface area contributed by atoms with Crippen molar-refractivity contribution in [3.8, 4) is 11.3 Å². The van der Waals surface area contributed by atoms with E-state index in [0.29, 0.717) is 36.7 Å². The van der Waals surface area contributed by atoms with Gasteiger partial charge in [0.05, 0.1) is 30.2 Å².